The molecule has 8 atom stereocenters. The summed E-state index contributed by atoms with van der Waals surface area (Å²) in [5.74, 6) is -3.11. The fourth-order valence-electron chi connectivity index (χ4n) is 7.29. The number of imide groups is 1. The molecule has 0 aliphatic carbocycles. The Kier molecular flexibility index (Phi) is 14.5. The van der Waals surface area contributed by atoms with Gasteiger partial charge in [-0.3, -0.25) is 28.9 Å². The van der Waals surface area contributed by atoms with Gasteiger partial charge in [0.2, 0.25) is 17.7 Å². The normalized spacial score (nSPS) is 23.3. The van der Waals surface area contributed by atoms with Gasteiger partial charge in [0.1, 0.15) is 36.6 Å². The third-order valence-electron chi connectivity index (χ3n) is 10.8. The summed E-state index contributed by atoms with van der Waals surface area (Å²) < 4.78 is 11.9. The van der Waals surface area contributed by atoms with Crippen molar-refractivity contribution < 1.29 is 58.3 Å². The number of carbonyl (C=O) groups excluding carboxylic acids is 6. The minimum absolute atomic E-state index is 0.0873. The van der Waals surface area contributed by atoms with E-state index in [9.17, 15) is 49.0 Å². The lowest BCUT2D eigenvalue weighted by molar-refractivity contribution is -0.619. The van der Waals surface area contributed by atoms with Gasteiger partial charge in [-0.15, -0.1) is 0 Å². The first-order valence-electron chi connectivity index (χ1n) is 20.0. The number of benzene rings is 1. The summed E-state index contributed by atoms with van der Waals surface area (Å²) in [6.45, 7) is 4.45. The number of aliphatic hydroxyl groups is 3. The lowest BCUT2D eigenvalue weighted by Crippen LogP contribution is -2.64. The number of aromatic nitrogens is 4. The smallest absolute Gasteiger partial charge is 0.410 e. The molecule has 8 N–H and O–H groups in total. The first-order valence-corrected chi connectivity index (χ1v) is 20.0. The Hall–Kier alpha value is -6.43. The summed E-state index contributed by atoms with van der Waals surface area (Å²) in [6, 6.07) is 3.20. The van der Waals surface area contributed by atoms with Crippen LogP contribution in [0.5, 0.6) is 0 Å². The number of rotatable bonds is 17. The van der Waals surface area contributed by atoms with Crippen LogP contribution in [0, 0.1) is 16.7 Å². The van der Waals surface area contributed by atoms with E-state index >= 15 is 0 Å². The number of likely N-dealkylation sites (tertiary alicyclic amines) is 1. The number of nitroso groups, excluding NO2 is 1. The molecule has 3 aliphatic rings. The molecule has 0 spiro atoms. The Morgan fingerprint density at radius 3 is 2.42 bits per heavy atom. The summed E-state index contributed by atoms with van der Waals surface area (Å²) in [6.07, 6.45) is -1.02. The number of anilines is 2. The van der Waals surface area contributed by atoms with Crippen molar-refractivity contribution >= 4 is 58.3 Å². The second kappa shape index (κ2) is 20.0. The summed E-state index contributed by atoms with van der Waals surface area (Å²) in [5.41, 5.74) is 1.81. The van der Waals surface area contributed by atoms with E-state index in [4.69, 9.17) is 9.47 Å². The maximum Gasteiger partial charge on any atom is 0.410 e. The van der Waals surface area contributed by atoms with E-state index < -0.39 is 84.9 Å². The predicted molar refractivity (Wildman–Crippen MR) is 215 cm³/mol. The minimum Gasteiger partial charge on any atom is -0.445 e. The molecule has 3 aromatic rings. The Labute approximate surface area is 354 Å². The van der Waals surface area contributed by atoms with E-state index in [1.807, 2.05) is 0 Å². The zero-order chi connectivity index (χ0) is 44.7. The van der Waals surface area contributed by atoms with Crippen molar-refractivity contribution in [1.82, 2.24) is 40.4 Å². The lowest BCUT2D eigenvalue weighted by atomic mass is 9.94. The van der Waals surface area contributed by atoms with Gasteiger partial charge < -0.3 is 55.9 Å². The fourth-order valence-corrected chi connectivity index (χ4v) is 7.29. The number of aromatic amines is 1. The number of hydrogen-bond donors (Lipinski definition) is 8. The molecule has 0 radical (unpaired) electrons. The summed E-state index contributed by atoms with van der Waals surface area (Å²) in [4.78, 5) is 106. The van der Waals surface area contributed by atoms with Crippen molar-refractivity contribution in [3.8, 4) is 0 Å². The Bertz CT molecular complexity index is 2160. The van der Waals surface area contributed by atoms with Crippen molar-refractivity contribution in [3.05, 3.63) is 59.5 Å². The SMILES string of the molecule is CC(C)[C@H](NC(=O)CCN1C(=O)C=CC1=O)C(=O)N[C@@H](C)C(=O)Nc1ccc(COC(=O)N2CC[C@@H](C[N+](=O)[C@@H]3[C@@H](O)[C@H](O)[C@@H](Nc4ncnc5nc[nH]c45)O[C@H]3CO)C2)cc1. The average molecular weight is 865 g/mol. The van der Waals surface area contributed by atoms with Crippen LogP contribution in [-0.4, -0.2) is 161 Å². The van der Waals surface area contributed by atoms with Crippen LogP contribution in [0.15, 0.2) is 49.1 Å². The molecule has 23 nitrogen and oxygen atoms in total. The van der Waals surface area contributed by atoms with Crippen molar-refractivity contribution in [2.24, 2.45) is 11.8 Å². The van der Waals surface area contributed by atoms with Gasteiger partial charge in [0, 0.05) is 59.5 Å². The molecule has 2 aromatic heterocycles. The highest BCUT2D eigenvalue weighted by molar-refractivity contribution is 6.13. The van der Waals surface area contributed by atoms with Crippen molar-refractivity contribution in [2.75, 3.05) is 43.4 Å². The van der Waals surface area contributed by atoms with E-state index in [0.717, 1.165) is 17.1 Å². The molecule has 1 aromatic carbocycles. The standard InChI is InChI=1S/C39H49N11O12/c1-20(2)29(46-26(52)11-13-49-27(53)8-9-28(49)54)37(58)44-21(3)36(57)45-24-6-4-22(5-7-24)17-61-39(59)48-12-10-23(14-48)15-50(60)31-25(16-51)62-38(33(56)32(31)55)47-35-30-34(41-18-40-30)42-19-43-35/h4-9,18-21,23,25,29,31-33,38,51,55-56H,10-17H2,1-3H3,(H4-,40,41,42,43,44,45,46,47,52,53,54,57,58)/p+1/t21-,23+,25-,29-,31-,32+,33-,38-/m0/s1. The van der Waals surface area contributed by atoms with Gasteiger partial charge in [-0.2, -0.15) is 0 Å². The molecule has 62 heavy (non-hydrogen) atoms. The monoisotopic (exact) mass is 864 g/mol. The van der Waals surface area contributed by atoms with Crippen LogP contribution in [-0.2, 0) is 40.1 Å². The molecule has 0 bridgehead atoms. The van der Waals surface area contributed by atoms with Crippen molar-refractivity contribution in [1.29, 1.82) is 0 Å². The highest BCUT2D eigenvalue weighted by Gasteiger charge is 2.53. The second-order valence-corrected chi connectivity index (χ2v) is 15.6. The van der Waals surface area contributed by atoms with Crippen LogP contribution in [0.2, 0.25) is 0 Å². The van der Waals surface area contributed by atoms with Crippen LogP contribution in [0.3, 0.4) is 0 Å². The number of imidazole rings is 1. The van der Waals surface area contributed by atoms with Crippen LogP contribution >= 0.6 is 0 Å². The van der Waals surface area contributed by atoms with Crippen LogP contribution in [0.25, 0.3) is 11.2 Å². The number of fused-ring (bicyclic) bond motifs is 1. The summed E-state index contributed by atoms with van der Waals surface area (Å²) >= 11 is 0. The van der Waals surface area contributed by atoms with E-state index in [-0.39, 0.29) is 50.3 Å². The highest BCUT2D eigenvalue weighted by atomic mass is 16.6. The number of nitrogens with one attached hydrogen (secondary N) is 5. The third kappa shape index (κ3) is 10.7. The number of carbonyl (C=O) groups is 6. The molecular formula is C39H50N11O12+. The highest BCUT2D eigenvalue weighted by Crippen LogP contribution is 2.28. The topological polar surface area (TPSA) is 311 Å². The Morgan fingerprint density at radius 1 is 1.00 bits per heavy atom. The molecule has 332 valence electrons. The van der Waals surface area contributed by atoms with Crippen LogP contribution in [0.1, 0.15) is 39.2 Å². The first kappa shape index (κ1) is 45.1. The second-order valence-electron chi connectivity index (χ2n) is 15.6. The molecule has 2 fully saturated rings. The van der Waals surface area contributed by atoms with Crippen LogP contribution in [0.4, 0.5) is 16.3 Å². The summed E-state index contributed by atoms with van der Waals surface area (Å²) in [5, 5.41) is 42.8. The van der Waals surface area contributed by atoms with Gasteiger partial charge in [0.15, 0.2) is 36.4 Å². The van der Waals surface area contributed by atoms with Crippen LogP contribution < -0.4 is 21.3 Å². The maximum atomic E-state index is 13.4. The fraction of sp³-hybridized carbons (Fsp3) is 0.513. The van der Waals surface area contributed by atoms with Crippen molar-refractivity contribution in [2.45, 2.75) is 82.9 Å². The molecule has 0 unspecified atom stereocenters. The molecule has 6 amide bonds. The number of amides is 6. The molecule has 0 saturated carbocycles. The number of hydrogen-bond acceptors (Lipinski definition) is 16. The Balaban J connectivity index is 0.913. The van der Waals surface area contributed by atoms with Gasteiger partial charge in [-0.25, -0.2) is 19.7 Å². The Morgan fingerprint density at radius 2 is 1.73 bits per heavy atom. The third-order valence-corrected chi connectivity index (χ3v) is 10.8. The largest absolute Gasteiger partial charge is 0.445 e. The lowest BCUT2D eigenvalue weighted by Gasteiger charge is -2.38. The molecule has 2 saturated heterocycles. The number of aliphatic hydroxyl groups excluding tert-OH is 3. The van der Waals surface area contributed by atoms with Crippen molar-refractivity contribution in [3.63, 3.8) is 0 Å². The number of nitrogens with zero attached hydrogens (tertiary/aromatic N) is 6. The minimum atomic E-state index is -1.61. The van der Waals surface area contributed by atoms with Gasteiger partial charge >= 0.3 is 6.09 Å². The van der Waals surface area contributed by atoms with E-state index in [0.29, 0.717) is 40.1 Å². The quantitative estimate of drug-likeness (QED) is 0.0591. The molecule has 5 heterocycles. The van der Waals surface area contributed by atoms with E-state index in [1.165, 1.54) is 24.5 Å². The zero-order valence-electron chi connectivity index (χ0n) is 34.2. The van der Waals surface area contributed by atoms with E-state index in [1.54, 1.807) is 38.1 Å². The zero-order valence-corrected chi connectivity index (χ0v) is 34.2. The number of H-pyrrole nitrogens is 1. The number of ether oxygens (including phenoxy) is 2. The van der Waals surface area contributed by atoms with Gasteiger partial charge in [-0.05, 0) is 37.0 Å². The molecular weight excluding hydrogens is 814 g/mol. The van der Waals surface area contributed by atoms with Gasteiger partial charge in [-0.1, -0.05) is 26.0 Å². The molecule has 23 heteroatoms. The predicted octanol–water partition coefficient (Wildman–Crippen LogP) is -1.09. The molecule has 6 rings (SSSR count). The average Bonchev–Trinajstić information content (AvgIpc) is 4.00. The summed E-state index contributed by atoms with van der Waals surface area (Å²) in [7, 11) is 0. The van der Waals surface area contributed by atoms with Gasteiger partial charge in [0.05, 0.1) is 12.9 Å². The van der Waals surface area contributed by atoms with Gasteiger partial charge in [0.25, 0.3) is 17.9 Å². The maximum absolute atomic E-state index is 13.4. The first-order chi connectivity index (χ1) is 29.6. The van der Waals surface area contributed by atoms with E-state index in [2.05, 4.69) is 41.2 Å². The molecule has 3 aliphatic heterocycles.